The van der Waals surface area contributed by atoms with Crippen LogP contribution in [0.15, 0.2) is 48.6 Å². The first-order valence-electron chi connectivity index (χ1n) is 8.64. The largest absolute Gasteiger partial charge is 0.378 e. The van der Waals surface area contributed by atoms with Crippen LogP contribution in [0, 0.1) is 0 Å². The zero-order valence-electron chi connectivity index (χ0n) is 14.6. The molecular weight excluding hydrogens is 312 g/mol. The van der Waals surface area contributed by atoms with E-state index in [4.69, 9.17) is 0 Å². The van der Waals surface area contributed by atoms with E-state index >= 15 is 0 Å². The van der Waals surface area contributed by atoms with E-state index < -0.39 is 0 Å². The average Bonchev–Trinajstić information content (AvgIpc) is 3.24. The highest BCUT2D eigenvalue weighted by atomic mass is 32.1. The standard InChI is InChI=1S/C21H26N2S/c1-22(2)19-11-9-18(10-12-19)7-3-4-8-20-13-14-21(24-20)17-23-15-5-6-16-23/h3-4,7-14H,5-6,15-17H2,1-2H3/b7-3+,8-4+. The van der Waals surface area contributed by atoms with E-state index in [1.165, 1.54) is 46.9 Å². The number of thiophene rings is 1. The number of hydrogen-bond donors (Lipinski definition) is 0. The smallest absolute Gasteiger partial charge is 0.0361 e. The molecule has 2 aromatic rings. The minimum atomic E-state index is 1.12. The molecule has 0 saturated carbocycles. The van der Waals surface area contributed by atoms with Crippen molar-refractivity contribution in [1.82, 2.24) is 4.90 Å². The Morgan fingerprint density at radius 1 is 0.958 bits per heavy atom. The Kier molecular flexibility index (Phi) is 5.89. The summed E-state index contributed by atoms with van der Waals surface area (Å²) in [6.45, 7) is 3.64. The second-order valence-electron chi connectivity index (χ2n) is 6.49. The molecule has 1 aromatic heterocycles. The molecule has 0 amide bonds. The van der Waals surface area contributed by atoms with E-state index in [1.807, 2.05) is 11.3 Å². The van der Waals surface area contributed by atoms with Crippen molar-refractivity contribution >= 4 is 29.2 Å². The van der Waals surface area contributed by atoms with Gasteiger partial charge in [0.1, 0.15) is 0 Å². The maximum atomic E-state index is 2.55. The maximum absolute atomic E-state index is 2.55. The van der Waals surface area contributed by atoms with Crippen LogP contribution in [0.2, 0.25) is 0 Å². The molecule has 0 N–H and O–H groups in total. The molecule has 2 nitrogen and oxygen atoms in total. The molecule has 1 aromatic carbocycles. The van der Waals surface area contributed by atoms with Crippen LogP contribution in [0.3, 0.4) is 0 Å². The van der Waals surface area contributed by atoms with Crippen LogP contribution in [0.25, 0.3) is 12.2 Å². The van der Waals surface area contributed by atoms with E-state index in [9.17, 15) is 0 Å². The normalized spacial score (nSPS) is 15.8. The van der Waals surface area contributed by atoms with Gasteiger partial charge >= 0.3 is 0 Å². The highest BCUT2D eigenvalue weighted by molar-refractivity contribution is 7.12. The summed E-state index contributed by atoms with van der Waals surface area (Å²) >= 11 is 1.90. The van der Waals surface area contributed by atoms with Crippen molar-refractivity contribution < 1.29 is 0 Å². The number of allylic oxidation sites excluding steroid dienone is 2. The van der Waals surface area contributed by atoms with Crippen molar-refractivity contribution in [2.24, 2.45) is 0 Å². The third-order valence-electron chi connectivity index (χ3n) is 4.33. The quantitative estimate of drug-likeness (QED) is 0.673. The van der Waals surface area contributed by atoms with E-state index in [1.54, 1.807) is 0 Å². The van der Waals surface area contributed by atoms with Crippen molar-refractivity contribution in [1.29, 1.82) is 0 Å². The first kappa shape index (κ1) is 17.0. The van der Waals surface area contributed by atoms with Crippen LogP contribution in [-0.2, 0) is 6.54 Å². The van der Waals surface area contributed by atoms with Crippen molar-refractivity contribution in [2.45, 2.75) is 19.4 Å². The number of anilines is 1. The van der Waals surface area contributed by atoms with E-state index in [2.05, 4.69) is 84.6 Å². The molecule has 0 aliphatic carbocycles. The summed E-state index contributed by atoms with van der Waals surface area (Å²) in [4.78, 5) is 7.47. The zero-order valence-corrected chi connectivity index (χ0v) is 15.4. The molecule has 1 aliphatic heterocycles. The molecule has 3 heteroatoms. The monoisotopic (exact) mass is 338 g/mol. The van der Waals surface area contributed by atoms with Crippen LogP contribution in [0.4, 0.5) is 5.69 Å². The lowest BCUT2D eigenvalue weighted by Crippen LogP contribution is -2.17. The molecule has 0 radical (unpaired) electrons. The predicted molar refractivity (Wildman–Crippen MR) is 108 cm³/mol. The van der Waals surface area contributed by atoms with E-state index in [0.717, 1.165) is 6.54 Å². The molecular formula is C21H26N2S. The van der Waals surface area contributed by atoms with Gasteiger partial charge in [-0.2, -0.15) is 0 Å². The van der Waals surface area contributed by atoms with E-state index in [-0.39, 0.29) is 0 Å². The average molecular weight is 339 g/mol. The summed E-state index contributed by atoms with van der Waals surface area (Å²) in [6.07, 6.45) is 11.3. The van der Waals surface area contributed by atoms with Gasteiger partial charge < -0.3 is 4.90 Å². The summed E-state index contributed by atoms with van der Waals surface area (Å²) in [6, 6.07) is 13.1. The third-order valence-corrected chi connectivity index (χ3v) is 5.37. The van der Waals surface area contributed by atoms with Gasteiger partial charge in [-0.1, -0.05) is 30.4 Å². The van der Waals surface area contributed by atoms with E-state index in [0.29, 0.717) is 0 Å². The topological polar surface area (TPSA) is 6.48 Å². The van der Waals surface area contributed by atoms with Gasteiger partial charge in [-0.05, 0) is 61.8 Å². The fraction of sp³-hybridized carbons (Fsp3) is 0.333. The summed E-state index contributed by atoms with van der Waals surface area (Å²) < 4.78 is 0. The first-order chi connectivity index (χ1) is 11.7. The van der Waals surface area contributed by atoms with Crippen LogP contribution in [-0.4, -0.2) is 32.1 Å². The molecule has 1 fully saturated rings. The van der Waals surface area contributed by atoms with Gasteiger partial charge in [-0.3, -0.25) is 4.90 Å². The van der Waals surface area contributed by atoms with Gasteiger partial charge in [0.2, 0.25) is 0 Å². The SMILES string of the molecule is CN(C)c1ccc(/C=C/C=C/c2ccc(CN3CCCC3)s2)cc1. The summed E-state index contributed by atoms with van der Waals surface area (Å²) in [5.41, 5.74) is 2.46. The van der Waals surface area contributed by atoms with Gasteiger partial charge in [0.25, 0.3) is 0 Å². The molecule has 3 rings (SSSR count). The second kappa shape index (κ2) is 8.32. The third kappa shape index (κ3) is 4.83. The Hall–Kier alpha value is -1.84. The van der Waals surface area contributed by atoms with Crippen LogP contribution < -0.4 is 4.90 Å². The predicted octanol–water partition coefficient (Wildman–Crippen LogP) is 5.14. The van der Waals surface area contributed by atoms with Crippen molar-refractivity contribution in [3.8, 4) is 0 Å². The highest BCUT2D eigenvalue weighted by Crippen LogP contribution is 2.21. The maximum Gasteiger partial charge on any atom is 0.0361 e. The Morgan fingerprint density at radius 2 is 1.67 bits per heavy atom. The Morgan fingerprint density at radius 3 is 2.38 bits per heavy atom. The van der Waals surface area contributed by atoms with Gasteiger partial charge in [-0.15, -0.1) is 11.3 Å². The van der Waals surface area contributed by atoms with Gasteiger partial charge in [0.05, 0.1) is 0 Å². The van der Waals surface area contributed by atoms with Gasteiger partial charge in [0.15, 0.2) is 0 Å². The summed E-state index contributed by atoms with van der Waals surface area (Å²) in [5, 5.41) is 0. The van der Waals surface area contributed by atoms with Crippen molar-refractivity contribution in [2.75, 3.05) is 32.1 Å². The Labute approximate surface area is 149 Å². The first-order valence-corrected chi connectivity index (χ1v) is 9.45. The number of benzene rings is 1. The Bertz CT molecular complexity index is 689. The number of likely N-dealkylation sites (tertiary alicyclic amines) is 1. The fourth-order valence-electron chi connectivity index (χ4n) is 2.93. The Balaban J connectivity index is 1.52. The molecule has 1 saturated heterocycles. The van der Waals surface area contributed by atoms with Crippen LogP contribution >= 0.6 is 11.3 Å². The minimum Gasteiger partial charge on any atom is -0.378 e. The molecule has 0 atom stereocenters. The molecule has 0 bridgehead atoms. The van der Waals surface area contributed by atoms with Gasteiger partial charge in [0, 0.05) is 36.1 Å². The number of hydrogen-bond acceptors (Lipinski definition) is 3. The summed E-state index contributed by atoms with van der Waals surface area (Å²) in [5.74, 6) is 0. The number of rotatable bonds is 6. The molecule has 0 unspecified atom stereocenters. The van der Waals surface area contributed by atoms with Crippen LogP contribution in [0.1, 0.15) is 28.2 Å². The van der Waals surface area contributed by atoms with Gasteiger partial charge in [-0.25, -0.2) is 0 Å². The number of nitrogens with zero attached hydrogens (tertiary/aromatic N) is 2. The fourth-order valence-corrected chi connectivity index (χ4v) is 3.90. The minimum absolute atomic E-state index is 1.12. The molecule has 2 heterocycles. The molecule has 0 spiro atoms. The highest BCUT2D eigenvalue weighted by Gasteiger charge is 2.12. The molecule has 126 valence electrons. The molecule has 24 heavy (non-hydrogen) atoms. The lowest BCUT2D eigenvalue weighted by Gasteiger charge is -2.12. The second-order valence-corrected chi connectivity index (χ2v) is 7.69. The van der Waals surface area contributed by atoms with Crippen molar-refractivity contribution in [3.05, 3.63) is 63.9 Å². The lowest BCUT2D eigenvalue weighted by molar-refractivity contribution is 0.334. The molecule has 1 aliphatic rings. The lowest BCUT2D eigenvalue weighted by atomic mass is 10.2. The van der Waals surface area contributed by atoms with Crippen LogP contribution in [0.5, 0.6) is 0 Å². The summed E-state index contributed by atoms with van der Waals surface area (Å²) in [7, 11) is 4.12. The van der Waals surface area contributed by atoms with Crippen molar-refractivity contribution in [3.63, 3.8) is 0 Å². The zero-order chi connectivity index (χ0) is 16.8.